The van der Waals surface area contributed by atoms with Crippen molar-refractivity contribution in [1.82, 2.24) is 4.98 Å². The average Bonchev–Trinajstić information content (AvgIpc) is 2.32. The molecular formula is C11H12N4O2S. The molecule has 6 nitrogen and oxygen atoms in total. The highest BCUT2D eigenvalue weighted by molar-refractivity contribution is 7.89. The molecule has 2 rings (SSSR count). The fraction of sp³-hybridized carbons (Fsp3) is 0. The summed E-state index contributed by atoms with van der Waals surface area (Å²) in [6, 6.07) is 7.80. The smallest absolute Gasteiger partial charge is 0.238 e. The van der Waals surface area contributed by atoms with Crippen LogP contribution in [0, 0.1) is 0 Å². The number of rotatable bonds is 3. The molecule has 1 aromatic carbocycles. The number of nitrogens with zero attached hydrogens (tertiary/aromatic N) is 1. The monoisotopic (exact) mass is 264 g/mol. The second-order valence-electron chi connectivity index (χ2n) is 3.66. The van der Waals surface area contributed by atoms with Crippen molar-refractivity contribution < 1.29 is 8.42 Å². The SMILES string of the molecule is Nc1cnccc1Nc1ccc(S(N)(=O)=O)cc1. The van der Waals surface area contributed by atoms with Gasteiger partial charge in [-0.15, -0.1) is 0 Å². The van der Waals surface area contributed by atoms with E-state index in [0.29, 0.717) is 17.1 Å². The Morgan fingerprint density at radius 1 is 1.11 bits per heavy atom. The Bertz CT molecular complexity index is 653. The molecule has 1 heterocycles. The van der Waals surface area contributed by atoms with Crippen LogP contribution in [0.1, 0.15) is 0 Å². The van der Waals surface area contributed by atoms with Gasteiger partial charge in [0.25, 0.3) is 0 Å². The van der Waals surface area contributed by atoms with Crippen LogP contribution in [0.3, 0.4) is 0 Å². The van der Waals surface area contributed by atoms with Crippen molar-refractivity contribution in [2.75, 3.05) is 11.1 Å². The topological polar surface area (TPSA) is 111 Å². The second kappa shape index (κ2) is 4.63. The third-order valence-electron chi connectivity index (χ3n) is 2.31. The molecule has 1 aromatic heterocycles. The number of nitrogen functional groups attached to an aromatic ring is 1. The predicted molar refractivity (Wildman–Crippen MR) is 69.7 cm³/mol. The van der Waals surface area contributed by atoms with Crippen LogP contribution in [0.5, 0.6) is 0 Å². The number of hydrogen-bond acceptors (Lipinski definition) is 5. The van der Waals surface area contributed by atoms with Gasteiger partial charge in [-0.2, -0.15) is 0 Å². The van der Waals surface area contributed by atoms with Gasteiger partial charge >= 0.3 is 0 Å². The molecule has 18 heavy (non-hydrogen) atoms. The lowest BCUT2D eigenvalue weighted by Crippen LogP contribution is -2.11. The molecule has 5 N–H and O–H groups in total. The van der Waals surface area contributed by atoms with E-state index >= 15 is 0 Å². The summed E-state index contributed by atoms with van der Waals surface area (Å²) in [4.78, 5) is 3.94. The van der Waals surface area contributed by atoms with Gasteiger partial charge in [-0.25, -0.2) is 13.6 Å². The van der Waals surface area contributed by atoms with E-state index in [-0.39, 0.29) is 4.90 Å². The zero-order valence-corrected chi connectivity index (χ0v) is 10.2. The predicted octanol–water partition coefficient (Wildman–Crippen LogP) is 1.05. The Labute approximate surface area is 105 Å². The molecule has 0 saturated carbocycles. The number of benzene rings is 1. The molecule has 0 bridgehead atoms. The number of primary sulfonamides is 1. The molecule has 0 aliphatic heterocycles. The summed E-state index contributed by atoms with van der Waals surface area (Å²) in [5.41, 5.74) is 7.64. The number of pyridine rings is 1. The third-order valence-corrected chi connectivity index (χ3v) is 3.24. The van der Waals surface area contributed by atoms with Gasteiger partial charge in [0.05, 0.1) is 22.5 Å². The largest absolute Gasteiger partial charge is 0.396 e. The van der Waals surface area contributed by atoms with Crippen molar-refractivity contribution in [2.45, 2.75) is 4.90 Å². The summed E-state index contributed by atoms with van der Waals surface area (Å²) in [7, 11) is -3.66. The van der Waals surface area contributed by atoms with Gasteiger partial charge < -0.3 is 11.1 Å². The summed E-state index contributed by atoms with van der Waals surface area (Å²) < 4.78 is 22.2. The summed E-state index contributed by atoms with van der Waals surface area (Å²) in [5.74, 6) is 0. The lowest BCUT2D eigenvalue weighted by molar-refractivity contribution is 0.598. The Kier molecular flexibility index (Phi) is 3.17. The highest BCUT2D eigenvalue weighted by Crippen LogP contribution is 2.22. The minimum absolute atomic E-state index is 0.0655. The molecule has 0 saturated heterocycles. The summed E-state index contributed by atoms with van der Waals surface area (Å²) in [6.07, 6.45) is 3.14. The Balaban J connectivity index is 2.24. The zero-order chi connectivity index (χ0) is 13.2. The average molecular weight is 264 g/mol. The molecule has 0 unspecified atom stereocenters. The first-order valence-electron chi connectivity index (χ1n) is 5.06. The van der Waals surface area contributed by atoms with Crippen LogP contribution >= 0.6 is 0 Å². The molecule has 0 radical (unpaired) electrons. The van der Waals surface area contributed by atoms with E-state index in [1.54, 1.807) is 24.4 Å². The molecule has 0 spiro atoms. The van der Waals surface area contributed by atoms with E-state index in [0.717, 1.165) is 0 Å². The molecular weight excluding hydrogens is 252 g/mol. The van der Waals surface area contributed by atoms with Crippen LogP contribution in [0.2, 0.25) is 0 Å². The third kappa shape index (κ3) is 2.76. The van der Waals surface area contributed by atoms with E-state index in [1.807, 2.05) is 0 Å². The molecule has 7 heteroatoms. The normalized spacial score (nSPS) is 11.2. The van der Waals surface area contributed by atoms with E-state index < -0.39 is 10.0 Å². The number of hydrogen-bond donors (Lipinski definition) is 3. The number of aromatic nitrogens is 1. The van der Waals surface area contributed by atoms with Gasteiger partial charge in [0.15, 0.2) is 0 Å². The minimum Gasteiger partial charge on any atom is -0.396 e. The van der Waals surface area contributed by atoms with E-state index in [1.165, 1.54) is 18.3 Å². The first kappa shape index (κ1) is 12.3. The van der Waals surface area contributed by atoms with Crippen molar-refractivity contribution in [3.63, 3.8) is 0 Å². The maximum atomic E-state index is 11.1. The van der Waals surface area contributed by atoms with E-state index in [9.17, 15) is 8.42 Å². The first-order valence-corrected chi connectivity index (χ1v) is 6.61. The maximum Gasteiger partial charge on any atom is 0.238 e. The van der Waals surface area contributed by atoms with Crippen LogP contribution in [0.15, 0.2) is 47.6 Å². The fourth-order valence-electron chi connectivity index (χ4n) is 1.40. The standard InChI is InChI=1S/C11H12N4O2S/c12-10-7-14-6-5-11(10)15-8-1-3-9(4-2-8)18(13,16)17/h1-7H,12H2,(H,14,15)(H2,13,16,17). The van der Waals surface area contributed by atoms with Gasteiger partial charge in [-0.1, -0.05) is 0 Å². The summed E-state index contributed by atoms with van der Waals surface area (Å²) in [6.45, 7) is 0. The van der Waals surface area contributed by atoms with Gasteiger partial charge in [0.1, 0.15) is 0 Å². The first-order chi connectivity index (χ1) is 8.47. The van der Waals surface area contributed by atoms with Gasteiger partial charge in [0, 0.05) is 11.9 Å². The van der Waals surface area contributed by atoms with Crippen molar-refractivity contribution in [1.29, 1.82) is 0 Å². The molecule has 94 valence electrons. The lowest BCUT2D eigenvalue weighted by atomic mass is 10.3. The molecule has 0 aliphatic rings. The quantitative estimate of drug-likeness (QED) is 0.767. The van der Waals surface area contributed by atoms with E-state index in [2.05, 4.69) is 10.3 Å². The molecule has 0 fully saturated rings. The van der Waals surface area contributed by atoms with Gasteiger partial charge in [-0.05, 0) is 30.3 Å². The van der Waals surface area contributed by atoms with Crippen LogP contribution in [-0.2, 0) is 10.0 Å². The van der Waals surface area contributed by atoms with Crippen LogP contribution in [0.4, 0.5) is 17.1 Å². The number of sulfonamides is 1. The van der Waals surface area contributed by atoms with Crippen LogP contribution in [0.25, 0.3) is 0 Å². The Morgan fingerprint density at radius 3 is 2.33 bits per heavy atom. The lowest BCUT2D eigenvalue weighted by Gasteiger charge is -2.08. The van der Waals surface area contributed by atoms with Gasteiger partial charge in [0.2, 0.25) is 10.0 Å². The molecule has 0 amide bonds. The number of nitrogens with two attached hydrogens (primary N) is 2. The van der Waals surface area contributed by atoms with Crippen molar-refractivity contribution in [3.8, 4) is 0 Å². The maximum absolute atomic E-state index is 11.1. The molecule has 0 aliphatic carbocycles. The van der Waals surface area contributed by atoms with Crippen LogP contribution in [-0.4, -0.2) is 13.4 Å². The van der Waals surface area contributed by atoms with Crippen molar-refractivity contribution in [3.05, 3.63) is 42.7 Å². The number of nitrogens with one attached hydrogen (secondary N) is 1. The van der Waals surface area contributed by atoms with Crippen LogP contribution < -0.4 is 16.2 Å². The van der Waals surface area contributed by atoms with Crippen molar-refractivity contribution >= 4 is 27.1 Å². The second-order valence-corrected chi connectivity index (χ2v) is 5.22. The Morgan fingerprint density at radius 2 is 1.78 bits per heavy atom. The fourth-order valence-corrected chi connectivity index (χ4v) is 1.92. The minimum atomic E-state index is -3.66. The Hall–Kier alpha value is -2.12. The zero-order valence-electron chi connectivity index (χ0n) is 9.37. The number of anilines is 3. The van der Waals surface area contributed by atoms with Gasteiger partial charge in [-0.3, -0.25) is 4.98 Å². The van der Waals surface area contributed by atoms with Crippen molar-refractivity contribution in [2.24, 2.45) is 5.14 Å². The highest BCUT2D eigenvalue weighted by atomic mass is 32.2. The summed E-state index contributed by atoms with van der Waals surface area (Å²) >= 11 is 0. The van der Waals surface area contributed by atoms with E-state index in [4.69, 9.17) is 10.9 Å². The molecule has 0 atom stereocenters. The molecule has 2 aromatic rings. The highest BCUT2D eigenvalue weighted by Gasteiger charge is 2.07. The summed E-state index contributed by atoms with van der Waals surface area (Å²) in [5, 5.41) is 8.06.